The molecule has 4 nitrogen and oxygen atoms in total. The maximum Gasteiger partial charge on any atom is 0.335 e. The van der Waals surface area contributed by atoms with E-state index in [1.54, 1.807) is 12.1 Å². The average molecular weight is 314 g/mol. The Hall–Kier alpha value is -0.910. The van der Waals surface area contributed by atoms with E-state index in [0.717, 1.165) is 49.3 Å². The largest absolute Gasteiger partial charge is 0.478 e. The van der Waals surface area contributed by atoms with Crippen LogP contribution in [0.2, 0.25) is 0 Å². The summed E-state index contributed by atoms with van der Waals surface area (Å²) in [6.45, 7) is 4.37. The summed E-state index contributed by atoms with van der Waals surface area (Å²) in [7, 11) is 0. The predicted octanol–water partition coefficient (Wildman–Crippen LogP) is 2.37. The number of rotatable bonds is 3. The lowest BCUT2D eigenvalue weighted by molar-refractivity contribution is 0.0697. The summed E-state index contributed by atoms with van der Waals surface area (Å²) in [4.78, 5) is 13.2. The van der Waals surface area contributed by atoms with E-state index in [1.807, 2.05) is 6.07 Å². The topological polar surface area (TPSA) is 49.8 Å². The first kappa shape index (κ1) is 13.5. The number of carbonyl (C=O) groups is 1. The van der Waals surface area contributed by atoms with Crippen LogP contribution in [0.3, 0.4) is 0 Å². The van der Waals surface area contributed by atoms with Crippen molar-refractivity contribution in [3.8, 4) is 0 Å². The van der Waals surface area contributed by atoms with E-state index in [2.05, 4.69) is 20.8 Å². The molecule has 1 aromatic carbocycles. The van der Waals surface area contributed by atoms with Crippen LogP contribution < -0.4 is 0 Å². The van der Waals surface area contributed by atoms with Gasteiger partial charge in [0.1, 0.15) is 0 Å². The summed E-state index contributed by atoms with van der Waals surface area (Å²) in [5.41, 5.74) is 1.42. The fraction of sp³-hybridized carbons (Fsp3) is 0.462. The van der Waals surface area contributed by atoms with E-state index in [4.69, 9.17) is 9.84 Å². The first-order chi connectivity index (χ1) is 8.66. The molecule has 0 unspecified atom stereocenters. The highest BCUT2D eigenvalue weighted by molar-refractivity contribution is 9.10. The van der Waals surface area contributed by atoms with Crippen LogP contribution in [0.5, 0.6) is 0 Å². The molecule has 1 heterocycles. The second kappa shape index (κ2) is 6.31. The Labute approximate surface area is 115 Å². The zero-order valence-electron chi connectivity index (χ0n) is 10.1. The van der Waals surface area contributed by atoms with E-state index in [0.29, 0.717) is 5.56 Å². The highest BCUT2D eigenvalue weighted by Gasteiger charge is 2.12. The molecule has 0 bridgehead atoms. The van der Waals surface area contributed by atoms with Gasteiger partial charge < -0.3 is 9.84 Å². The molecule has 1 aromatic rings. The maximum atomic E-state index is 10.9. The number of nitrogens with zero attached hydrogens (tertiary/aromatic N) is 1. The van der Waals surface area contributed by atoms with E-state index >= 15 is 0 Å². The zero-order valence-corrected chi connectivity index (χ0v) is 11.6. The SMILES string of the molecule is O=C(O)c1ccc(CN2CCCOCC2)c(Br)c1. The van der Waals surface area contributed by atoms with Crippen LogP contribution >= 0.6 is 15.9 Å². The number of benzene rings is 1. The molecular formula is C13H16BrNO3. The number of aromatic carboxylic acids is 1. The highest BCUT2D eigenvalue weighted by atomic mass is 79.9. The normalized spacial score (nSPS) is 17.4. The molecule has 0 aromatic heterocycles. The minimum absolute atomic E-state index is 0.310. The van der Waals surface area contributed by atoms with Gasteiger partial charge in [-0.1, -0.05) is 22.0 Å². The van der Waals surface area contributed by atoms with Gasteiger partial charge >= 0.3 is 5.97 Å². The zero-order chi connectivity index (χ0) is 13.0. The lowest BCUT2D eigenvalue weighted by Gasteiger charge is -2.19. The van der Waals surface area contributed by atoms with Crippen molar-refractivity contribution in [1.82, 2.24) is 4.90 Å². The molecule has 1 aliphatic heterocycles. The lowest BCUT2D eigenvalue weighted by atomic mass is 10.1. The Morgan fingerprint density at radius 2 is 2.22 bits per heavy atom. The molecule has 0 aliphatic carbocycles. The number of ether oxygens (including phenoxy) is 1. The molecule has 0 atom stereocenters. The van der Waals surface area contributed by atoms with E-state index < -0.39 is 5.97 Å². The predicted molar refractivity (Wildman–Crippen MR) is 71.8 cm³/mol. The van der Waals surface area contributed by atoms with Crippen molar-refractivity contribution >= 4 is 21.9 Å². The summed E-state index contributed by atoms with van der Waals surface area (Å²) < 4.78 is 6.27. The second-order valence-electron chi connectivity index (χ2n) is 4.35. The number of halogens is 1. The van der Waals surface area contributed by atoms with E-state index in [1.165, 1.54) is 0 Å². The number of carboxylic acids is 1. The van der Waals surface area contributed by atoms with Crippen LogP contribution in [0.1, 0.15) is 22.3 Å². The fourth-order valence-corrected chi connectivity index (χ4v) is 2.51. The summed E-state index contributed by atoms with van der Waals surface area (Å²) in [6.07, 6.45) is 1.05. The fourth-order valence-electron chi connectivity index (χ4n) is 2.01. The maximum absolute atomic E-state index is 10.9. The molecule has 1 aliphatic rings. The van der Waals surface area contributed by atoms with E-state index in [9.17, 15) is 4.79 Å². The van der Waals surface area contributed by atoms with Gasteiger partial charge in [-0.15, -0.1) is 0 Å². The molecule has 0 amide bonds. The smallest absolute Gasteiger partial charge is 0.335 e. The van der Waals surface area contributed by atoms with Gasteiger partial charge in [-0.2, -0.15) is 0 Å². The van der Waals surface area contributed by atoms with Gasteiger partial charge in [0, 0.05) is 30.7 Å². The first-order valence-electron chi connectivity index (χ1n) is 5.98. The standard InChI is InChI=1S/C13H16BrNO3/c14-12-8-10(13(16)17)2-3-11(12)9-15-4-1-6-18-7-5-15/h2-3,8H,1,4-7,9H2,(H,16,17). The van der Waals surface area contributed by atoms with Crippen LogP contribution in [0.4, 0.5) is 0 Å². The van der Waals surface area contributed by atoms with Crippen molar-refractivity contribution in [2.75, 3.05) is 26.3 Å². The highest BCUT2D eigenvalue weighted by Crippen LogP contribution is 2.21. The van der Waals surface area contributed by atoms with Gasteiger partial charge in [0.15, 0.2) is 0 Å². The lowest BCUT2D eigenvalue weighted by Crippen LogP contribution is -2.26. The van der Waals surface area contributed by atoms with E-state index in [-0.39, 0.29) is 0 Å². The van der Waals surface area contributed by atoms with Gasteiger partial charge in [0.05, 0.1) is 12.2 Å². The molecule has 1 N–H and O–H groups in total. The van der Waals surface area contributed by atoms with Crippen molar-refractivity contribution < 1.29 is 14.6 Å². The molecule has 1 fully saturated rings. The van der Waals surface area contributed by atoms with Gasteiger partial charge in [-0.05, 0) is 24.1 Å². The minimum atomic E-state index is -0.898. The Kier molecular flexibility index (Phi) is 4.74. The summed E-state index contributed by atoms with van der Waals surface area (Å²) in [6, 6.07) is 5.18. The van der Waals surface area contributed by atoms with Crippen molar-refractivity contribution in [2.24, 2.45) is 0 Å². The summed E-state index contributed by atoms with van der Waals surface area (Å²) in [5, 5.41) is 8.91. The molecule has 0 saturated carbocycles. The third-order valence-corrected chi connectivity index (χ3v) is 3.75. The van der Waals surface area contributed by atoms with Gasteiger partial charge in [-0.25, -0.2) is 4.79 Å². The van der Waals surface area contributed by atoms with Crippen LogP contribution in [0.25, 0.3) is 0 Å². The second-order valence-corrected chi connectivity index (χ2v) is 5.21. The van der Waals surface area contributed by atoms with Gasteiger partial charge in [-0.3, -0.25) is 4.90 Å². The number of hydrogen-bond acceptors (Lipinski definition) is 3. The van der Waals surface area contributed by atoms with Crippen molar-refractivity contribution in [3.63, 3.8) is 0 Å². The molecular weight excluding hydrogens is 298 g/mol. The third kappa shape index (κ3) is 3.54. The first-order valence-corrected chi connectivity index (χ1v) is 6.78. The average Bonchev–Trinajstić information content (AvgIpc) is 2.60. The Bertz CT molecular complexity index is 428. The van der Waals surface area contributed by atoms with Crippen LogP contribution in [0.15, 0.2) is 22.7 Å². The molecule has 0 radical (unpaired) electrons. The van der Waals surface area contributed by atoms with Crippen molar-refractivity contribution in [3.05, 3.63) is 33.8 Å². The number of hydrogen-bond donors (Lipinski definition) is 1. The molecule has 1 saturated heterocycles. The molecule has 18 heavy (non-hydrogen) atoms. The van der Waals surface area contributed by atoms with Crippen LogP contribution in [-0.2, 0) is 11.3 Å². The summed E-state index contributed by atoms with van der Waals surface area (Å²) in [5.74, 6) is -0.898. The van der Waals surface area contributed by atoms with Gasteiger partial charge in [0.2, 0.25) is 0 Å². The monoisotopic (exact) mass is 313 g/mol. The van der Waals surface area contributed by atoms with Gasteiger partial charge in [0.25, 0.3) is 0 Å². The van der Waals surface area contributed by atoms with Crippen molar-refractivity contribution in [1.29, 1.82) is 0 Å². The summed E-state index contributed by atoms with van der Waals surface area (Å²) >= 11 is 3.44. The molecule has 98 valence electrons. The minimum Gasteiger partial charge on any atom is -0.478 e. The van der Waals surface area contributed by atoms with Crippen LogP contribution in [-0.4, -0.2) is 42.3 Å². The van der Waals surface area contributed by atoms with Crippen LogP contribution in [0, 0.1) is 0 Å². The Balaban J connectivity index is 2.06. The third-order valence-electron chi connectivity index (χ3n) is 3.01. The number of carboxylic acid groups (broad SMARTS) is 1. The molecule has 2 rings (SSSR count). The Morgan fingerprint density at radius 1 is 1.39 bits per heavy atom. The Morgan fingerprint density at radius 3 is 2.94 bits per heavy atom. The molecule has 5 heteroatoms. The molecule has 0 spiro atoms. The quantitative estimate of drug-likeness (QED) is 0.930. The van der Waals surface area contributed by atoms with Crippen molar-refractivity contribution in [2.45, 2.75) is 13.0 Å².